The van der Waals surface area contributed by atoms with Crippen molar-refractivity contribution in [1.29, 1.82) is 0 Å². The predicted molar refractivity (Wildman–Crippen MR) is 59.7 cm³/mol. The van der Waals surface area contributed by atoms with E-state index in [9.17, 15) is 4.79 Å². The second-order valence-electron chi connectivity index (χ2n) is 3.83. The number of carbonyl (C=O) groups is 1. The van der Waals surface area contributed by atoms with Gasteiger partial charge in [0.25, 0.3) is 0 Å². The molecule has 0 aromatic rings. The molecule has 0 saturated carbocycles. The van der Waals surface area contributed by atoms with Crippen molar-refractivity contribution in [2.75, 3.05) is 32.6 Å². The van der Waals surface area contributed by atoms with Gasteiger partial charge in [-0.1, -0.05) is 0 Å². The molecule has 0 aliphatic carbocycles. The lowest BCUT2D eigenvalue weighted by Gasteiger charge is -2.27. The van der Waals surface area contributed by atoms with Crippen LogP contribution in [0, 0.1) is 5.92 Å². The molecule has 1 unspecified atom stereocenters. The minimum atomic E-state index is 0.186. The smallest absolute Gasteiger partial charge is 0.223 e. The van der Waals surface area contributed by atoms with Gasteiger partial charge in [0.05, 0.1) is 6.61 Å². The fraction of sp³-hybridized carbons (Fsp3) is 0.900. The first kappa shape index (κ1) is 11.9. The van der Waals surface area contributed by atoms with Crippen LogP contribution in [0.15, 0.2) is 0 Å². The van der Waals surface area contributed by atoms with E-state index in [0.717, 1.165) is 26.2 Å². The molecule has 1 fully saturated rings. The monoisotopic (exact) mass is 217 g/mol. The van der Waals surface area contributed by atoms with E-state index in [-0.39, 0.29) is 5.91 Å². The van der Waals surface area contributed by atoms with Gasteiger partial charge in [-0.15, -0.1) is 0 Å². The van der Waals surface area contributed by atoms with Crippen molar-refractivity contribution in [3.63, 3.8) is 0 Å². The minimum Gasteiger partial charge on any atom is -0.381 e. The number of thiol groups is 1. The summed E-state index contributed by atoms with van der Waals surface area (Å²) in [5.74, 6) is 1.34. The van der Waals surface area contributed by atoms with Crippen LogP contribution in [0.5, 0.6) is 0 Å². The molecule has 1 amide bonds. The predicted octanol–water partition coefficient (Wildman–Crippen LogP) is 1.19. The molecular formula is C10H19NO2S. The third kappa shape index (κ3) is 3.88. The van der Waals surface area contributed by atoms with Gasteiger partial charge >= 0.3 is 0 Å². The molecular weight excluding hydrogens is 198 g/mol. The quantitative estimate of drug-likeness (QED) is 0.717. The molecule has 82 valence electrons. The Bertz CT molecular complexity index is 181. The lowest BCUT2D eigenvalue weighted by Crippen LogP contribution is -2.35. The summed E-state index contributed by atoms with van der Waals surface area (Å²) in [4.78, 5) is 13.3. The van der Waals surface area contributed by atoms with Crippen LogP contribution in [0.2, 0.25) is 0 Å². The topological polar surface area (TPSA) is 29.5 Å². The van der Waals surface area contributed by atoms with Crippen molar-refractivity contribution in [3.8, 4) is 0 Å². The number of rotatable bonds is 4. The number of ether oxygens (including phenoxy) is 1. The van der Waals surface area contributed by atoms with Gasteiger partial charge in [-0.25, -0.2) is 0 Å². The van der Waals surface area contributed by atoms with Crippen molar-refractivity contribution in [1.82, 2.24) is 4.90 Å². The van der Waals surface area contributed by atoms with Crippen molar-refractivity contribution in [2.45, 2.75) is 19.3 Å². The van der Waals surface area contributed by atoms with Crippen LogP contribution in [0.1, 0.15) is 19.3 Å². The molecule has 1 atom stereocenters. The van der Waals surface area contributed by atoms with Gasteiger partial charge in [0.2, 0.25) is 5.91 Å². The number of nitrogens with zero attached hydrogens (tertiary/aromatic N) is 1. The van der Waals surface area contributed by atoms with Gasteiger partial charge in [-0.3, -0.25) is 4.79 Å². The van der Waals surface area contributed by atoms with Crippen LogP contribution in [-0.2, 0) is 9.53 Å². The SMILES string of the molecule is CN(CC1CCCOC1)C(=O)CCS. The van der Waals surface area contributed by atoms with E-state index >= 15 is 0 Å². The first-order valence-corrected chi connectivity index (χ1v) is 5.80. The summed E-state index contributed by atoms with van der Waals surface area (Å²) < 4.78 is 5.37. The molecule has 0 aromatic heterocycles. The maximum atomic E-state index is 11.5. The molecule has 14 heavy (non-hydrogen) atoms. The Balaban J connectivity index is 2.24. The van der Waals surface area contributed by atoms with Gasteiger partial charge in [0.1, 0.15) is 0 Å². The highest BCUT2D eigenvalue weighted by molar-refractivity contribution is 7.80. The zero-order chi connectivity index (χ0) is 10.4. The van der Waals surface area contributed by atoms with Crippen LogP contribution >= 0.6 is 12.6 Å². The summed E-state index contributed by atoms with van der Waals surface area (Å²) in [5, 5.41) is 0. The summed E-state index contributed by atoms with van der Waals surface area (Å²) in [6.07, 6.45) is 2.84. The van der Waals surface area contributed by atoms with Crippen LogP contribution in [0.3, 0.4) is 0 Å². The Morgan fingerprint density at radius 2 is 2.43 bits per heavy atom. The zero-order valence-electron chi connectivity index (χ0n) is 8.74. The summed E-state index contributed by atoms with van der Waals surface area (Å²) in [6.45, 7) is 2.51. The number of hydrogen-bond donors (Lipinski definition) is 1. The van der Waals surface area contributed by atoms with E-state index in [1.165, 1.54) is 6.42 Å². The Morgan fingerprint density at radius 1 is 1.64 bits per heavy atom. The molecule has 1 aliphatic rings. The summed E-state index contributed by atoms with van der Waals surface area (Å²) in [7, 11) is 1.86. The molecule has 0 radical (unpaired) electrons. The Labute approximate surface area is 91.2 Å². The van der Waals surface area contributed by atoms with Crippen molar-refractivity contribution < 1.29 is 9.53 Å². The van der Waals surface area contributed by atoms with E-state index < -0.39 is 0 Å². The summed E-state index contributed by atoms with van der Waals surface area (Å²) >= 11 is 4.05. The van der Waals surface area contributed by atoms with Crippen molar-refractivity contribution >= 4 is 18.5 Å². The maximum absolute atomic E-state index is 11.5. The summed E-state index contributed by atoms with van der Waals surface area (Å²) in [6, 6.07) is 0. The molecule has 1 heterocycles. The average Bonchev–Trinajstić information content (AvgIpc) is 2.19. The second-order valence-corrected chi connectivity index (χ2v) is 4.28. The maximum Gasteiger partial charge on any atom is 0.223 e. The highest BCUT2D eigenvalue weighted by Crippen LogP contribution is 2.14. The molecule has 0 spiro atoms. The Morgan fingerprint density at radius 3 is 3.00 bits per heavy atom. The normalized spacial score (nSPS) is 22.0. The molecule has 1 aliphatic heterocycles. The number of hydrogen-bond acceptors (Lipinski definition) is 3. The largest absolute Gasteiger partial charge is 0.381 e. The van der Waals surface area contributed by atoms with Gasteiger partial charge in [0.15, 0.2) is 0 Å². The van der Waals surface area contributed by atoms with E-state index in [1.807, 2.05) is 7.05 Å². The molecule has 3 nitrogen and oxygen atoms in total. The van der Waals surface area contributed by atoms with E-state index in [0.29, 0.717) is 18.1 Å². The van der Waals surface area contributed by atoms with E-state index in [2.05, 4.69) is 12.6 Å². The van der Waals surface area contributed by atoms with Crippen LogP contribution in [-0.4, -0.2) is 43.4 Å². The van der Waals surface area contributed by atoms with Crippen LogP contribution in [0.25, 0.3) is 0 Å². The van der Waals surface area contributed by atoms with Gasteiger partial charge in [0, 0.05) is 26.6 Å². The van der Waals surface area contributed by atoms with Gasteiger partial charge in [-0.05, 0) is 24.5 Å². The highest BCUT2D eigenvalue weighted by atomic mass is 32.1. The van der Waals surface area contributed by atoms with Gasteiger partial charge < -0.3 is 9.64 Å². The fourth-order valence-electron chi connectivity index (χ4n) is 1.73. The Hall–Kier alpha value is -0.220. The molecule has 1 saturated heterocycles. The number of carbonyl (C=O) groups excluding carboxylic acids is 1. The standard InChI is InChI=1S/C10H19NO2S/c1-11(10(12)4-6-14)7-9-3-2-5-13-8-9/h9,14H,2-8H2,1H3. The lowest BCUT2D eigenvalue weighted by atomic mass is 10.0. The Kier molecular flexibility index (Phi) is 5.33. The zero-order valence-corrected chi connectivity index (χ0v) is 9.63. The van der Waals surface area contributed by atoms with Crippen LogP contribution < -0.4 is 0 Å². The molecule has 0 bridgehead atoms. The van der Waals surface area contributed by atoms with Crippen LogP contribution in [0.4, 0.5) is 0 Å². The second kappa shape index (κ2) is 6.30. The van der Waals surface area contributed by atoms with E-state index in [1.54, 1.807) is 4.90 Å². The third-order valence-electron chi connectivity index (χ3n) is 2.54. The van der Waals surface area contributed by atoms with Crippen molar-refractivity contribution in [3.05, 3.63) is 0 Å². The molecule has 1 rings (SSSR count). The lowest BCUT2D eigenvalue weighted by molar-refractivity contribution is -0.130. The molecule has 0 aromatic carbocycles. The average molecular weight is 217 g/mol. The fourth-order valence-corrected chi connectivity index (χ4v) is 1.92. The van der Waals surface area contributed by atoms with Crippen molar-refractivity contribution in [2.24, 2.45) is 5.92 Å². The minimum absolute atomic E-state index is 0.186. The molecule has 0 N–H and O–H groups in total. The third-order valence-corrected chi connectivity index (χ3v) is 2.76. The first-order chi connectivity index (χ1) is 6.74. The molecule has 4 heteroatoms. The summed E-state index contributed by atoms with van der Waals surface area (Å²) in [5.41, 5.74) is 0. The highest BCUT2D eigenvalue weighted by Gasteiger charge is 2.17. The van der Waals surface area contributed by atoms with E-state index in [4.69, 9.17) is 4.74 Å². The van der Waals surface area contributed by atoms with Gasteiger partial charge in [-0.2, -0.15) is 12.6 Å². The number of amides is 1. The first-order valence-electron chi connectivity index (χ1n) is 5.16.